The van der Waals surface area contributed by atoms with Crippen molar-refractivity contribution in [3.63, 3.8) is 0 Å². The lowest BCUT2D eigenvalue weighted by molar-refractivity contribution is -0.203. The van der Waals surface area contributed by atoms with E-state index in [1.807, 2.05) is 70.2 Å². The number of hydrogen-bond donors (Lipinski definition) is 3. The third-order valence-corrected chi connectivity index (χ3v) is 6.68. The molecule has 3 N–H and O–H groups in total. The number of hydroxylamine groups is 1. The predicted molar refractivity (Wildman–Crippen MR) is 154 cm³/mol. The Balaban J connectivity index is 1.83. The van der Waals surface area contributed by atoms with Gasteiger partial charge in [-0.05, 0) is 55.2 Å². The van der Waals surface area contributed by atoms with Gasteiger partial charge < -0.3 is 9.72 Å². The zero-order valence-electron chi connectivity index (χ0n) is 24.1. The molecule has 1 saturated heterocycles. The SMILES string of the molecule is CC(C)C[C@@H](C(=O)NN(CC(C)C)C(=O)c1ccc[nH]1)[C@H](C/C=C/c1ccccc1)C(=O)NOC1CCCCO1. The van der Waals surface area contributed by atoms with E-state index in [1.165, 1.54) is 5.01 Å². The number of hydrogen-bond acceptors (Lipinski definition) is 5. The van der Waals surface area contributed by atoms with Crippen molar-refractivity contribution in [2.45, 2.75) is 66.1 Å². The van der Waals surface area contributed by atoms with Crippen LogP contribution in [0.3, 0.4) is 0 Å². The molecule has 2 aromatic rings. The number of benzene rings is 1. The average Bonchev–Trinajstić information content (AvgIpc) is 3.48. The number of amides is 3. The van der Waals surface area contributed by atoms with E-state index in [-0.39, 0.29) is 23.7 Å². The molecule has 0 radical (unpaired) electrons. The molecule has 218 valence electrons. The minimum atomic E-state index is -0.729. The molecule has 40 heavy (non-hydrogen) atoms. The predicted octanol–water partition coefficient (Wildman–Crippen LogP) is 5.10. The van der Waals surface area contributed by atoms with E-state index in [2.05, 4.69) is 15.9 Å². The Bertz CT molecular complexity index is 1080. The normalized spacial score (nSPS) is 17.1. The Hall–Kier alpha value is -3.43. The fourth-order valence-corrected chi connectivity index (χ4v) is 4.70. The molecule has 1 aliphatic rings. The molecule has 9 heteroatoms. The highest BCUT2D eigenvalue weighted by molar-refractivity contribution is 5.95. The van der Waals surface area contributed by atoms with Crippen molar-refractivity contribution < 1.29 is 24.0 Å². The highest BCUT2D eigenvalue weighted by Crippen LogP contribution is 2.26. The van der Waals surface area contributed by atoms with Crippen molar-refractivity contribution in [1.82, 2.24) is 20.9 Å². The van der Waals surface area contributed by atoms with Crippen molar-refractivity contribution >= 4 is 23.8 Å². The van der Waals surface area contributed by atoms with Gasteiger partial charge in [-0.2, -0.15) is 0 Å². The first-order valence-corrected chi connectivity index (χ1v) is 14.3. The first kappa shape index (κ1) is 31.1. The number of nitrogens with one attached hydrogen (secondary N) is 3. The van der Waals surface area contributed by atoms with Gasteiger partial charge in [0.15, 0.2) is 6.29 Å². The fraction of sp³-hybridized carbons (Fsp3) is 0.516. The second-order valence-corrected chi connectivity index (χ2v) is 11.1. The number of H-pyrrole nitrogens is 1. The Morgan fingerprint density at radius 3 is 2.42 bits per heavy atom. The van der Waals surface area contributed by atoms with Gasteiger partial charge in [-0.1, -0.05) is 70.2 Å². The quantitative estimate of drug-likeness (QED) is 0.299. The molecule has 1 fully saturated rings. The molecule has 1 aromatic heterocycles. The topological polar surface area (TPSA) is 113 Å². The third-order valence-electron chi connectivity index (χ3n) is 6.68. The van der Waals surface area contributed by atoms with Gasteiger partial charge in [0.05, 0.1) is 11.8 Å². The molecule has 0 aliphatic carbocycles. The molecule has 1 unspecified atom stereocenters. The molecule has 1 aliphatic heterocycles. The second kappa shape index (κ2) is 16.0. The molecular formula is C31H44N4O5. The number of rotatable bonds is 13. The summed E-state index contributed by atoms with van der Waals surface area (Å²) in [5.74, 6) is -2.30. The van der Waals surface area contributed by atoms with Crippen LogP contribution >= 0.6 is 0 Å². The van der Waals surface area contributed by atoms with Crippen LogP contribution in [0.4, 0.5) is 0 Å². The van der Waals surface area contributed by atoms with Crippen LogP contribution in [0.15, 0.2) is 54.7 Å². The number of carbonyl (C=O) groups excluding carboxylic acids is 3. The summed E-state index contributed by atoms with van der Waals surface area (Å²) < 4.78 is 5.59. The van der Waals surface area contributed by atoms with Gasteiger partial charge in [-0.3, -0.25) is 19.8 Å². The zero-order valence-corrected chi connectivity index (χ0v) is 24.1. The Morgan fingerprint density at radius 1 is 1.02 bits per heavy atom. The molecule has 0 bridgehead atoms. The maximum Gasteiger partial charge on any atom is 0.288 e. The number of nitrogens with zero attached hydrogens (tertiary/aromatic N) is 1. The zero-order chi connectivity index (χ0) is 28.9. The lowest BCUT2D eigenvalue weighted by atomic mass is 9.82. The summed E-state index contributed by atoms with van der Waals surface area (Å²) in [6, 6.07) is 13.2. The number of aromatic nitrogens is 1. The Kier molecular flexibility index (Phi) is 12.4. The van der Waals surface area contributed by atoms with Crippen LogP contribution in [0.25, 0.3) is 6.08 Å². The van der Waals surface area contributed by atoms with Gasteiger partial charge >= 0.3 is 0 Å². The van der Waals surface area contributed by atoms with E-state index in [4.69, 9.17) is 9.57 Å². The highest BCUT2D eigenvalue weighted by Gasteiger charge is 2.36. The van der Waals surface area contributed by atoms with Gasteiger partial charge in [0.2, 0.25) is 11.8 Å². The Morgan fingerprint density at radius 2 is 1.80 bits per heavy atom. The highest BCUT2D eigenvalue weighted by atomic mass is 16.8. The van der Waals surface area contributed by atoms with Gasteiger partial charge in [-0.25, -0.2) is 15.3 Å². The largest absolute Gasteiger partial charge is 0.357 e. The van der Waals surface area contributed by atoms with Gasteiger partial charge in [-0.15, -0.1) is 0 Å². The monoisotopic (exact) mass is 552 g/mol. The van der Waals surface area contributed by atoms with Crippen molar-refractivity contribution in [3.05, 3.63) is 66.0 Å². The summed E-state index contributed by atoms with van der Waals surface area (Å²) in [4.78, 5) is 49.1. The van der Waals surface area contributed by atoms with Crippen LogP contribution in [-0.2, 0) is 19.2 Å². The van der Waals surface area contributed by atoms with Crippen LogP contribution in [-0.4, -0.2) is 47.2 Å². The van der Waals surface area contributed by atoms with Crippen molar-refractivity contribution in [2.75, 3.05) is 13.2 Å². The van der Waals surface area contributed by atoms with E-state index >= 15 is 0 Å². The third kappa shape index (κ3) is 9.95. The Labute approximate surface area is 237 Å². The number of aromatic amines is 1. The number of allylic oxidation sites excluding steroid dienone is 1. The molecule has 9 nitrogen and oxygen atoms in total. The smallest absolute Gasteiger partial charge is 0.288 e. The number of carbonyl (C=O) groups is 3. The van der Waals surface area contributed by atoms with E-state index < -0.39 is 24.0 Å². The molecule has 3 atom stereocenters. The molecule has 0 spiro atoms. The van der Waals surface area contributed by atoms with Crippen molar-refractivity contribution in [3.8, 4) is 0 Å². The summed E-state index contributed by atoms with van der Waals surface area (Å²) >= 11 is 0. The van der Waals surface area contributed by atoms with E-state index in [9.17, 15) is 14.4 Å². The van der Waals surface area contributed by atoms with Gasteiger partial charge in [0.25, 0.3) is 5.91 Å². The van der Waals surface area contributed by atoms with E-state index in [0.717, 1.165) is 18.4 Å². The fourth-order valence-electron chi connectivity index (χ4n) is 4.70. The van der Waals surface area contributed by atoms with Crippen LogP contribution in [0.2, 0.25) is 0 Å². The summed E-state index contributed by atoms with van der Waals surface area (Å²) in [6.45, 7) is 8.88. The molecule has 1 aromatic carbocycles. The minimum absolute atomic E-state index is 0.111. The first-order chi connectivity index (χ1) is 19.2. The maximum atomic E-state index is 13.8. The summed E-state index contributed by atoms with van der Waals surface area (Å²) in [6.07, 6.45) is 8.40. The van der Waals surface area contributed by atoms with Crippen LogP contribution in [0, 0.1) is 23.7 Å². The lowest BCUT2D eigenvalue weighted by Gasteiger charge is -2.31. The molecular weight excluding hydrogens is 508 g/mol. The van der Waals surface area contributed by atoms with Crippen LogP contribution in [0.1, 0.15) is 75.9 Å². The van der Waals surface area contributed by atoms with E-state index in [0.29, 0.717) is 38.1 Å². The van der Waals surface area contributed by atoms with Crippen molar-refractivity contribution in [2.24, 2.45) is 23.7 Å². The second-order valence-electron chi connectivity index (χ2n) is 11.1. The minimum Gasteiger partial charge on any atom is -0.357 e. The molecule has 2 heterocycles. The molecule has 3 rings (SSSR count). The van der Waals surface area contributed by atoms with Crippen molar-refractivity contribution in [1.29, 1.82) is 0 Å². The number of hydrazine groups is 1. The lowest BCUT2D eigenvalue weighted by Crippen LogP contribution is -2.52. The first-order valence-electron chi connectivity index (χ1n) is 14.3. The average molecular weight is 553 g/mol. The van der Waals surface area contributed by atoms with Gasteiger partial charge in [0, 0.05) is 25.8 Å². The summed E-state index contributed by atoms with van der Waals surface area (Å²) in [7, 11) is 0. The van der Waals surface area contributed by atoms with Crippen LogP contribution in [0.5, 0.6) is 0 Å². The summed E-state index contributed by atoms with van der Waals surface area (Å²) in [5.41, 5.74) is 6.80. The molecule has 3 amide bonds. The molecule has 0 saturated carbocycles. The maximum absolute atomic E-state index is 13.8. The van der Waals surface area contributed by atoms with E-state index in [1.54, 1.807) is 18.3 Å². The van der Waals surface area contributed by atoms with Gasteiger partial charge in [0.1, 0.15) is 5.69 Å². The van der Waals surface area contributed by atoms with Crippen LogP contribution < -0.4 is 10.9 Å². The summed E-state index contributed by atoms with van der Waals surface area (Å²) in [5, 5.41) is 1.34. The standard InChI is InChI=1S/C31H44N4O5/c1-22(2)20-26(29(36)33-35(21-23(3)4)31(38)27-16-11-18-32-27)25(15-10-14-24-12-6-5-7-13-24)30(37)34-40-28-17-8-9-19-39-28/h5-7,10-14,16,18,22-23,25-26,28,32H,8-9,15,17,19-21H2,1-4H3,(H,33,36)(H,34,37)/b14-10+/t25-,26+,28?/m0/s1. The number of ether oxygens (including phenoxy) is 1.